The van der Waals surface area contributed by atoms with Gasteiger partial charge in [0, 0.05) is 18.9 Å². The van der Waals surface area contributed by atoms with E-state index < -0.39 is 0 Å². The minimum atomic E-state index is 0.198. The molecule has 1 heterocycles. The van der Waals surface area contributed by atoms with Crippen LogP contribution < -0.4 is 0 Å². The van der Waals surface area contributed by atoms with Crippen LogP contribution in [0.4, 0.5) is 0 Å². The Morgan fingerprint density at radius 2 is 2.50 bits per heavy atom. The summed E-state index contributed by atoms with van der Waals surface area (Å²) in [4.78, 5) is 0. The van der Waals surface area contributed by atoms with Crippen LogP contribution >= 0.6 is 12.6 Å². The molecule has 0 aromatic heterocycles. The molecular formula is C6H13BO2S. The molecule has 0 aromatic rings. The fourth-order valence-electron chi connectivity index (χ4n) is 1.33. The molecule has 58 valence electrons. The number of rotatable bonds is 2. The molecule has 1 fully saturated rings. The Labute approximate surface area is 68.1 Å². The van der Waals surface area contributed by atoms with Gasteiger partial charge in [-0.2, -0.15) is 12.6 Å². The van der Waals surface area contributed by atoms with E-state index in [1.165, 1.54) is 0 Å². The zero-order valence-corrected chi connectivity index (χ0v) is 7.30. The molecule has 1 rings (SSSR count). The summed E-state index contributed by atoms with van der Waals surface area (Å²) >= 11 is 4.16. The van der Waals surface area contributed by atoms with E-state index in [0.29, 0.717) is 6.00 Å². The van der Waals surface area contributed by atoms with Gasteiger partial charge in [-0.05, 0) is 6.42 Å². The summed E-state index contributed by atoms with van der Waals surface area (Å²) in [6.07, 6.45) is 1.46. The van der Waals surface area contributed by atoms with Crippen LogP contribution in [0.1, 0.15) is 6.42 Å². The average Bonchev–Trinajstić information content (AvgIpc) is 2.30. The standard InChI is InChI=1S/C6H13BO2S/c1-8-4-2-6(7)9-5(4)3-10/h4-6,10H,2-3,7H2,1H3/t4?,5-,6-/m1/s1. The second kappa shape index (κ2) is 3.65. The lowest BCUT2D eigenvalue weighted by Crippen LogP contribution is -2.24. The Morgan fingerprint density at radius 3 is 2.90 bits per heavy atom. The minimum absolute atomic E-state index is 0.198. The third-order valence-corrected chi connectivity index (χ3v) is 2.23. The molecule has 4 heteroatoms. The van der Waals surface area contributed by atoms with Crippen LogP contribution in [-0.2, 0) is 9.47 Å². The molecule has 0 aromatic carbocycles. The highest BCUT2D eigenvalue weighted by Gasteiger charge is 2.31. The zero-order chi connectivity index (χ0) is 7.56. The van der Waals surface area contributed by atoms with Gasteiger partial charge in [0.25, 0.3) is 0 Å². The van der Waals surface area contributed by atoms with Crippen molar-refractivity contribution in [2.75, 3.05) is 12.9 Å². The first kappa shape index (κ1) is 8.43. The Morgan fingerprint density at radius 1 is 1.80 bits per heavy atom. The first-order valence-electron chi connectivity index (χ1n) is 3.57. The van der Waals surface area contributed by atoms with E-state index in [1.54, 1.807) is 7.11 Å². The van der Waals surface area contributed by atoms with Crippen molar-refractivity contribution >= 4 is 20.5 Å². The Hall–Kier alpha value is 0.335. The Kier molecular flexibility index (Phi) is 3.08. The van der Waals surface area contributed by atoms with E-state index in [9.17, 15) is 0 Å². The highest BCUT2D eigenvalue weighted by molar-refractivity contribution is 7.80. The number of hydrogen-bond acceptors (Lipinski definition) is 3. The molecule has 2 nitrogen and oxygen atoms in total. The highest BCUT2D eigenvalue weighted by Crippen LogP contribution is 2.21. The van der Waals surface area contributed by atoms with Gasteiger partial charge in [-0.15, -0.1) is 0 Å². The van der Waals surface area contributed by atoms with Crippen molar-refractivity contribution in [1.82, 2.24) is 0 Å². The monoisotopic (exact) mass is 160 g/mol. The van der Waals surface area contributed by atoms with E-state index in [4.69, 9.17) is 9.47 Å². The van der Waals surface area contributed by atoms with Crippen LogP contribution in [-0.4, -0.2) is 38.9 Å². The Balaban J connectivity index is 2.41. The van der Waals surface area contributed by atoms with Crippen LogP contribution in [0.5, 0.6) is 0 Å². The molecule has 10 heavy (non-hydrogen) atoms. The summed E-state index contributed by atoms with van der Waals surface area (Å²) in [5.74, 6) is 0.753. The third-order valence-electron chi connectivity index (χ3n) is 1.87. The molecule has 0 saturated carbocycles. The van der Waals surface area contributed by atoms with Crippen molar-refractivity contribution in [3.8, 4) is 0 Å². The van der Waals surface area contributed by atoms with E-state index in [0.717, 1.165) is 12.2 Å². The van der Waals surface area contributed by atoms with E-state index >= 15 is 0 Å². The van der Waals surface area contributed by atoms with Gasteiger partial charge in [-0.3, -0.25) is 0 Å². The lowest BCUT2D eigenvalue weighted by molar-refractivity contribution is 0.0240. The molecule has 0 aliphatic carbocycles. The second-order valence-corrected chi connectivity index (χ2v) is 3.04. The largest absolute Gasteiger partial charge is 0.380 e. The predicted octanol–water partition coefficient (Wildman–Crippen LogP) is -0.321. The minimum Gasteiger partial charge on any atom is -0.380 e. The second-order valence-electron chi connectivity index (χ2n) is 2.68. The smallest absolute Gasteiger partial charge is 0.139 e. The van der Waals surface area contributed by atoms with Crippen molar-refractivity contribution in [1.29, 1.82) is 0 Å². The predicted molar refractivity (Wildman–Crippen MR) is 46.5 cm³/mol. The molecule has 0 bridgehead atoms. The number of methoxy groups -OCH3 is 1. The molecule has 3 atom stereocenters. The van der Waals surface area contributed by atoms with Gasteiger partial charge < -0.3 is 9.47 Å². The third kappa shape index (κ3) is 1.68. The van der Waals surface area contributed by atoms with Crippen LogP contribution in [0.3, 0.4) is 0 Å². The van der Waals surface area contributed by atoms with Crippen LogP contribution in [0.25, 0.3) is 0 Å². The Bertz CT molecular complexity index is 99.9. The molecule has 1 aliphatic rings. The van der Waals surface area contributed by atoms with Crippen molar-refractivity contribution in [2.45, 2.75) is 24.6 Å². The van der Waals surface area contributed by atoms with E-state index in [2.05, 4.69) is 20.5 Å². The summed E-state index contributed by atoms with van der Waals surface area (Å²) in [6.45, 7) is 0. The maximum absolute atomic E-state index is 5.51. The first-order valence-corrected chi connectivity index (χ1v) is 4.20. The summed E-state index contributed by atoms with van der Waals surface area (Å²) in [7, 11) is 3.79. The molecule has 0 radical (unpaired) electrons. The highest BCUT2D eigenvalue weighted by atomic mass is 32.1. The summed E-state index contributed by atoms with van der Waals surface area (Å²) in [5, 5.41) is 0. The SMILES string of the molecule is B[C@H]1CC(OC)[C@@H](CS)O1. The van der Waals surface area contributed by atoms with Crippen molar-refractivity contribution < 1.29 is 9.47 Å². The van der Waals surface area contributed by atoms with Crippen molar-refractivity contribution in [2.24, 2.45) is 0 Å². The number of hydrogen-bond donors (Lipinski definition) is 1. The summed E-state index contributed by atoms with van der Waals surface area (Å²) in [5.41, 5.74) is 0. The lowest BCUT2D eigenvalue weighted by atomic mass is 9.96. The van der Waals surface area contributed by atoms with Crippen LogP contribution in [0.2, 0.25) is 0 Å². The molecule has 1 saturated heterocycles. The van der Waals surface area contributed by atoms with E-state index in [-0.39, 0.29) is 12.2 Å². The van der Waals surface area contributed by atoms with Crippen LogP contribution in [0, 0.1) is 0 Å². The molecule has 1 unspecified atom stereocenters. The van der Waals surface area contributed by atoms with E-state index in [1.807, 2.05) is 0 Å². The van der Waals surface area contributed by atoms with Gasteiger partial charge in [0.2, 0.25) is 0 Å². The maximum Gasteiger partial charge on any atom is 0.139 e. The number of ether oxygens (including phenoxy) is 2. The van der Waals surface area contributed by atoms with Crippen LogP contribution in [0.15, 0.2) is 0 Å². The normalized spacial score (nSPS) is 40.4. The lowest BCUT2D eigenvalue weighted by Gasteiger charge is -2.13. The molecule has 0 N–H and O–H groups in total. The average molecular weight is 160 g/mol. The van der Waals surface area contributed by atoms with Crippen molar-refractivity contribution in [3.63, 3.8) is 0 Å². The topological polar surface area (TPSA) is 18.5 Å². The first-order chi connectivity index (χ1) is 4.77. The summed E-state index contributed by atoms with van der Waals surface area (Å²) in [6, 6.07) is 0.335. The van der Waals surface area contributed by atoms with Gasteiger partial charge in [0.15, 0.2) is 0 Å². The van der Waals surface area contributed by atoms with Gasteiger partial charge >= 0.3 is 0 Å². The molecular weight excluding hydrogens is 147 g/mol. The molecule has 0 spiro atoms. The molecule has 1 aliphatic heterocycles. The van der Waals surface area contributed by atoms with Gasteiger partial charge in [0.05, 0.1) is 12.2 Å². The fraction of sp³-hybridized carbons (Fsp3) is 1.00. The summed E-state index contributed by atoms with van der Waals surface area (Å²) < 4.78 is 10.7. The number of thiol groups is 1. The van der Waals surface area contributed by atoms with Gasteiger partial charge in [0.1, 0.15) is 7.85 Å². The van der Waals surface area contributed by atoms with Gasteiger partial charge in [-0.1, -0.05) is 0 Å². The zero-order valence-electron chi connectivity index (χ0n) is 6.41. The fourth-order valence-corrected chi connectivity index (χ4v) is 1.65. The quantitative estimate of drug-likeness (QED) is 0.440. The van der Waals surface area contributed by atoms with Gasteiger partial charge in [-0.25, -0.2) is 0 Å². The molecule has 0 amide bonds. The van der Waals surface area contributed by atoms with Crippen molar-refractivity contribution in [3.05, 3.63) is 0 Å². The maximum atomic E-state index is 5.51.